The number of thioether (sulfide) groups is 1. The number of hydrogen-bond acceptors (Lipinski definition) is 5. The first-order valence-corrected chi connectivity index (χ1v) is 11.8. The minimum absolute atomic E-state index is 0.192. The van der Waals surface area contributed by atoms with Gasteiger partial charge in [-0.05, 0) is 72.1 Å². The second kappa shape index (κ2) is 11.0. The van der Waals surface area contributed by atoms with Gasteiger partial charge in [0.15, 0.2) is 11.5 Å². The van der Waals surface area contributed by atoms with Crippen LogP contribution in [0, 0.1) is 5.82 Å². The molecule has 174 valence electrons. The van der Waals surface area contributed by atoms with E-state index in [4.69, 9.17) is 9.47 Å². The second-order valence-electron chi connectivity index (χ2n) is 7.63. The van der Waals surface area contributed by atoms with Crippen LogP contribution in [0.5, 0.6) is 11.5 Å². The summed E-state index contributed by atoms with van der Waals surface area (Å²) in [6.07, 6.45) is 2.30. The monoisotopic (exact) mass is 477 g/mol. The minimum Gasteiger partial charge on any atom is -0.490 e. The lowest BCUT2D eigenvalue weighted by atomic mass is 10.1. The van der Waals surface area contributed by atoms with E-state index in [1.165, 1.54) is 17.0 Å². The molecule has 7 heteroatoms. The summed E-state index contributed by atoms with van der Waals surface area (Å²) in [6.45, 7) is 2.82. The van der Waals surface area contributed by atoms with Gasteiger partial charge in [0.25, 0.3) is 11.1 Å². The number of carbonyl (C=O) groups excluding carboxylic acids is 2. The highest BCUT2D eigenvalue weighted by Gasteiger charge is 2.34. The van der Waals surface area contributed by atoms with E-state index in [1.807, 2.05) is 37.3 Å². The molecule has 34 heavy (non-hydrogen) atoms. The number of imide groups is 1. The molecule has 0 aliphatic carbocycles. The Bertz CT molecular complexity index is 1210. The highest BCUT2D eigenvalue weighted by Crippen LogP contribution is 2.35. The van der Waals surface area contributed by atoms with E-state index in [0.29, 0.717) is 41.5 Å². The normalized spacial score (nSPS) is 14.6. The first kappa shape index (κ1) is 23.6. The summed E-state index contributed by atoms with van der Waals surface area (Å²) >= 11 is 0.935. The molecule has 1 aliphatic heterocycles. The number of benzene rings is 3. The van der Waals surface area contributed by atoms with Crippen molar-refractivity contribution in [3.05, 3.63) is 100 Å². The third kappa shape index (κ3) is 5.85. The molecule has 1 heterocycles. The fraction of sp³-hybridized carbons (Fsp3) is 0.185. The highest BCUT2D eigenvalue weighted by atomic mass is 32.2. The number of nitrogens with zero attached hydrogens (tertiary/aromatic N) is 1. The number of carbonyl (C=O) groups is 2. The zero-order valence-corrected chi connectivity index (χ0v) is 19.5. The topological polar surface area (TPSA) is 55.8 Å². The molecule has 0 saturated carbocycles. The molecule has 0 aromatic heterocycles. The smallest absolute Gasteiger partial charge is 0.293 e. The number of ether oxygens (including phenoxy) is 2. The van der Waals surface area contributed by atoms with Crippen LogP contribution in [0.1, 0.15) is 23.6 Å². The molecule has 0 atom stereocenters. The molecular weight excluding hydrogens is 453 g/mol. The van der Waals surface area contributed by atoms with Crippen LogP contribution in [0.15, 0.2) is 77.7 Å². The Hall–Kier alpha value is -3.58. The third-order valence-corrected chi connectivity index (χ3v) is 6.10. The van der Waals surface area contributed by atoms with Crippen molar-refractivity contribution in [2.45, 2.75) is 20.0 Å². The summed E-state index contributed by atoms with van der Waals surface area (Å²) in [7, 11) is 0. The summed E-state index contributed by atoms with van der Waals surface area (Å²) < 4.78 is 25.0. The number of rotatable bonds is 9. The molecule has 3 aromatic rings. The van der Waals surface area contributed by atoms with Crippen molar-refractivity contribution < 1.29 is 23.5 Å². The van der Waals surface area contributed by atoms with E-state index in [-0.39, 0.29) is 23.6 Å². The van der Waals surface area contributed by atoms with Crippen LogP contribution in [0.2, 0.25) is 0 Å². The number of hydrogen-bond donors (Lipinski definition) is 0. The molecule has 1 saturated heterocycles. The molecular formula is C27H24FNO4S. The lowest BCUT2D eigenvalue weighted by Crippen LogP contribution is -2.30. The van der Waals surface area contributed by atoms with Crippen molar-refractivity contribution in [3.8, 4) is 11.5 Å². The third-order valence-electron chi connectivity index (χ3n) is 5.19. The highest BCUT2D eigenvalue weighted by molar-refractivity contribution is 8.18. The van der Waals surface area contributed by atoms with E-state index in [2.05, 4.69) is 0 Å². The van der Waals surface area contributed by atoms with Gasteiger partial charge in [0.2, 0.25) is 0 Å². The van der Waals surface area contributed by atoms with Crippen LogP contribution >= 0.6 is 11.8 Å². The predicted molar refractivity (Wildman–Crippen MR) is 131 cm³/mol. The average molecular weight is 478 g/mol. The van der Waals surface area contributed by atoms with Gasteiger partial charge >= 0.3 is 0 Å². The van der Waals surface area contributed by atoms with Crippen LogP contribution in [-0.2, 0) is 17.8 Å². The fourth-order valence-corrected chi connectivity index (χ4v) is 4.38. The summed E-state index contributed by atoms with van der Waals surface area (Å²) in [6, 6.07) is 21.3. The fourth-order valence-electron chi connectivity index (χ4n) is 3.52. The van der Waals surface area contributed by atoms with Crippen LogP contribution in [0.25, 0.3) is 6.08 Å². The minimum atomic E-state index is -0.320. The van der Waals surface area contributed by atoms with Crippen molar-refractivity contribution in [1.29, 1.82) is 0 Å². The van der Waals surface area contributed by atoms with Crippen LogP contribution in [0.4, 0.5) is 9.18 Å². The van der Waals surface area contributed by atoms with Crippen molar-refractivity contribution in [2.24, 2.45) is 0 Å². The molecule has 1 aliphatic rings. The Labute approximate surface area is 202 Å². The molecule has 5 nitrogen and oxygen atoms in total. The van der Waals surface area contributed by atoms with Crippen LogP contribution in [0.3, 0.4) is 0 Å². The van der Waals surface area contributed by atoms with E-state index in [1.54, 1.807) is 36.4 Å². The van der Waals surface area contributed by atoms with Gasteiger partial charge in [0.05, 0.1) is 11.5 Å². The standard InChI is InChI=1S/C27H24FNO4S/c1-2-32-24-16-20(11-12-23(24)33-18-21-9-6-10-22(28)15-21)17-25-26(30)29(27(31)34-25)14-13-19-7-4-3-5-8-19/h3-12,15-17H,2,13-14,18H2,1H3/b25-17-. The maximum Gasteiger partial charge on any atom is 0.293 e. The van der Waals surface area contributed by atoms with Gasteiger partial charge in [-0.3, -0.25) is 14.5 Å². The summed E-state index contributed by atoms with van der Waals surface area (Å²) in [5.41, 5.74) is 2.49. The zero-order valence-electron chi connectivity index (χ0n) is 18.7. The van der Waals surface area contributed by atoms with E-state index in [9.17, 15) is 14.0 Å². The molecule has 0 spiro atoms. The van der Waals surface area contributed by atoms with Crippen LogP contribution in [-0.4, -0.2) is 29.2 Å². The van der Waals surface area contributed by atoms with Gasteiger partial charge in [0, 0.05) is 6.54 Å². The molecule has 0 unspecified atom stereocenters. The van der Waals surface area contributed by atoms with Gasteiger partial charge in [-0.15, -0.1) is 0 Å². The van der Waals surface area contributed by atoms with E-state index < -0.39 is 0 Å². The Morgan fingerprint density at radius 2 is 1.71 bits per heavy atom. The quantitative estimate of drug-likeness (QED) is 0.350. The Morgan fingerprint density at radius 3 is 2.47 bits per heavy atom. The van der Waals surface area contributed by atoms with Gasteiger partial charge in [-0.1, -0.05) is 48.5 Å². The van der Waals surface area contributed by atoms with Crippen LogP contribution < -0.4 is 9.47 Å². The van der Waals surface area contributed by atoms with Gasteiger partial charge in [-0.2, -0.15) is 0 Å². The zero-order chi connectivity index (χ0) is 23.9. The van der Waals surface area contributed by atoms with Gasteiger partial charge in [0.1, 0.15) is 12.4 Å². The summed E-state index contributed by atoms with van der Waals surface area (Å²) in [5, 5.41) is -0.271. The Balaban J connectivity index is 1.46. The molecule has 0 radical (unpaired) electrons. The maximum absolute atomic E-state index is 13.4. The Morgan fingerprint density at radius 1 is 0.912 bits per heavy atom. The van der Waals surface area contributed by atoms with Crippen molar-refractivity contribution in [2.75, 3.05) is 13.2 Å². The summed E-state index contributed by atoms with van der Waals surface area (Å²) in [4.78, 5) is 26.9. The molecule has 2 amide bonds. The molecule has 0 N–H and O–H groups in total. The van der Waals surface area contributed by atoms with E-state index >= 15 is 0 Å². The SMILES string of the molecule is CCOc1cc(/C=C2\SC(=O)N(CCc3ccccc3)C2=O)ccc1OCc1cccc(F)c1. The molecule has 3 aromatic carbocycles. The largest absolute Gasteiger partial charge is 0.490 e. The molecule has 1 fully saturated rings. The lowest BCUT2D eigenvalue weighted by Gasteiger charge is -2.13. The first-order chi connectivity index (χ1) is 16.5. The van der Waals surface area contributed by atoms with Crippen molar-refractivity contribution >= 4 is 29.0 Å². The van der Waals surface area contributed by atoms with Crippen molar-refractivity contribution in [1.82, 2.24) is 4.90 Å². The maximum atomic E-state index is 13.4. The van der Waals surface area contributed by atoms with Gasteiger partial charge in [-0.25, -0.2) is 4.39 Å². The first-order valence-electron chi connectivity index (χ1n) is 11.0. The number of halogens is 1. The average Bonchev–Trinajstić information content (AvgIpc) is 3.10. The second-order valence-corrected chi connectivity index (χ2v) is 8.62. The number of amides is 2. The molecule has 0 bridgehead atoms. The predicted octanol–water partition coefficient (Wildman–Crippen LogP) is 6.08. The summed E-state index contributed by atoms with van der Waals surface area (Å²) in [5.74, 6) is 0.407. The molecule has 4 rings (SSSR count). The van der Waals surface area contributed by atoms with Crippen molar-refractivity contribution in [3.63, 3.8) is 0 Å². The Kier molecular flexibility index (Phi) is 7.65. The van der Waals surface area contributed by atoms with Gasteiger partial charge < -0.3 is 9.47 Å². The van der Waals surface area contributed by atoms with E-state index in [0.717, 1.165) is 22.9 Å². The lowest BCUT2D eigenvalue weighted by molar-refractivity contribution is -0.122.